The second-order valence-corrected chi connectivity index (χ2v) is 3.62. The van der Waals surface area contributed by atoms with Crippen molar-refractivity contribution >= 4 is 17.6 Å². The van der Waals surface area contributed by atoms with Crippen LogP contribution >= 0.6 is 11.6 Å². The quantitative estimate of drug-likeness (QED) is 0.806. The summed E-state index contributed by atoms with van der Waals surface area (Å²) in [6, 6.07) is 6.75. The number of hydrogen-bond donors (Lipinski definition) is 2. The molecule has 1 aromatic rings. The van der Waals surface area contributed by atoms with Crippen molar-refractivity contribution < 1.29 is 9.90 Å². The summed E-state index contributed by atoms with van der Waals surface area (Å²) in [7, 11) is 1.61. The van der Waals surface area contributed by atoms with Crippen LogP contribution in [0.2, 0.25) is 5.02 Å². The fraction of sp³-hybridized carbons (Fsp3) is 0.300. The molecule has 0 amide bonds. The van der Waals surface area contributed by atoms with E-state index in [4.69, 9.17) is 16.7 Å². The van der Waals surface area contributed by atoms with Gasteiger partial charge >= 0.3 is 5.97 Å². The molecule has 1 aromatic carbocycles. The number of rotatable bonds is 3. The number of carbonyl (C=O) groups is 1. The van der Waals surface area contributed by atoms with E-state index in [-0.39, 0.29) is 0 Å². The van der Waals surface area contributed by atoms with Gasteiger partial charge in [0.25, 0.3) is 0 Å². The average Bonchev–Trinajstić information content (AvgIpc) is 2.17. The van der Waals surface area contributed by atoms with Gasteiger partial charge in [0.1, 0.15) is 5.54 Å². The predicted octanol–water partition coefficient (Wildman–Crippen LogP) is 1.86. The van der Waals surface area contributed by atoms with Crippen molar-refractivity contribution in [3.05, 3.63) is 34.9 Å². The number of hydrogen-bond acceptors (Lipinski definition) is 2. The Kier molecular flexibility index (Phi) is 3.13. The SMILES string of the molecule is CNC(C)(C(=O)O)c1ccc(Cl)cc1. The van der Waals surface area contributed by atoms with E-state index >= 15 is 0 Å². The molecule has 0 bridgehead atoms. The van der Waals surface area contributed by atoms with E-state index in [1.807, 2.05) is 0 Å². The highest BCUT2D eigenvalue weighted by atomic mass is 35.5. The normalized spacial score (nSPS) is 14.8. The van der Waals surface area contributed by atoms with Crippen LogP contribution in [0.1, 0.15) is 12.5 Å². The number of halogens is 1. The first-order valence-electron chi connectivity index (χ1n) is 4.19. The largest absolute Gasteiger partial charge is 0.480 e. The lowest BCUT2D eigenvalue weighted by molar-refractivity contribution is -0.144. The fourth-order valence-corrected chi connectivity index (χ4v) is 1.28. The molecule has 0 heterocycles. The maximum Gasteiger partial charge on any atom is 0.328 e. The van der Waals surface area contributed by atoms with E-state index in [1.54, 1.807) is 38.2 Å². The molecule has 2 N–H and O–H groups in total. The molecule has 0 aliphatic heterocycles. The first-order valence-corrected chi connectivity index (χ1v) is 4.57. The molecule has 0 radical (unpaired) electrons. The van der Waals surface area contributed by atoms with Crippen LogP contribution in [0.25, 0.3) is 0 Å². The van der Waals surface area contributed by atoms with E-state index in [2.05, 4.69) is 5.32 Å². The number of carboxylic acid groups (broad SMARTS) is 1. The summed E-state index contributed by atoms with van der Waals surface area (Å²) >= 11 is 5.72. The summed E-state index contributed by atoms with van der Waals surface area (Å²) < 4.78 is 0. The Morgan fingerprint density at radius 2 is 1.93 bits per heavy atom. The zero-order valence-corrected chi connectivity index (χ0v) is 8.80. The monoisotopic (exact) mass is 213 g/mol. The van der Waals surface area contributed by atoms with Crippen LogP contribution in [0.15, 0.2) is 24.3 Å². The summed E-state index contributed by atoms with van der Waals surface area (Å²) in [6.45, 7) is 1.61. The molecule has 14 heavy (non-hydrogen) atoms. The van der Waals surface area contributed by atoms with E-state index in [9.17, 15) is 4.79 Å². The van der Waals surface area contributed by atoms with Crippen LogP contribution in [-0.4, -0.2) is 18.1 Å². The van der Waals surface area contributed by atoms with Crippen LogP contribution in [-0.2, 0) is 10.3 Å². The maximum absolute atomic E-state index is 11.0. The highest BCUT2D eigenvalue weighted by Gasteiger charge is 2.32. The van der Waals surface area contributed by atoms with Crippen LogP contribution in [0, 0.1) is 0 Å². The third-order valence-electron chi connectivity index (χ3n) is 2.35. The number of likely N-dealkylation sites (N-methyl/N-ethyl adjacent to an activating group) is 1. The second kappa shape index (κ2) is 3.98. The van der Waals surface area contributed by atoms with Crippen molar-refractivity contribution in [2.45, 2.75) is 12.5 Å². The van der Waals surface area contributed by atoms with Gasteiger partial charge < -0.3 is 10.4 Å². The number of nitrogens with one attached hydrogen (secondary N) is 1. The third-order valence-corrected chi connectivity index (χ3v) is 2.60. The lowest BCUT2D eigenvalue weighted by Crippen LogP contribution is -2.44. The molecule has 0 aliphatic carbocycles. The van der Waals surface area contributed by atoms with Crippen molar-refractivity contribution in [2.75, 3.05) is 7.05 Å². The maximum atomic E-state index is 11.0. The lowest BCUT2D eigenvalue weighted by atomic mass is 9.92. The molecular weight excluding hydrogens is 202 g/mol. The molecule has 76 valence electrons. The van der Waals surface area contributed by atoms with Crippen LogP contribution in [0.4, 0.5) is 0 Å². The minimum atomic E-state index is -1.06. The Labute approximate surface area is 87.7 Å². The van der Waals surface area contributed by atoms with Gasteiger partial charge in [0.2, 0.25) is 0 Å². The predicted molar refractivity (Wildman–Crippen MR) is 55.5 cm³/mol. The Morgan fingerprint density at radius 1 is 1.43 bits per heavy atom. The first kappa shape index (κ1) is 11.0. The average molecular weight is 214 g/mol. The second-order valence-electron chi connectivity index (χ2n) is 3.19. The van der Waals surface area contributed by atoms with Gasteiger partial charge in [-0.1, -0.05) is 23.7 Å². The van der Waals surface area contributed by atoms with Gasteiger partial charge in [0.15, 0.2) is 0 Å². The molecular formula is C10H12ClNO2. The summed E-state index contributed by atoms with van der Waals surface area (Å²) in [4.78, 5) is 11.0. The van der Waals surface area contributed by atoms with E-state index in [0.29, 0.717) is 10.6 Å². The summed E-state index contributed by atoms with van der Waals surface area (Å²) in [5, 5.41) is 12.4. The third kappa shape index (κ3) is 1.89. The van der Waals surface area contributed by atoms with Crippen LogP contribution in [0.5, 0.6) is 0 Å². The van der Waals surface area contributed by atoms with Crippen molar-refractivity contribution in [3.8, 4) is 0 Å². The summed E-state index contributed by atoms with van der Waals surface area (Å²) in [5.74, 6) is -0.915. The lowest BCUT2D eigenvalue weighted by Gasteiger charge is -2.24. The van der Waals surface area contributed by atoms with Crippen molar-refractivity contribution in [3.63, 3.8) is 0 Å². The van der Waals surface area contributed by atoms with Gasteiger partial charge in [-0.05, 0) is 31.7 Å². The fourth-order valence-electron chi connectivity index (χ4n) is 1.16. The molecule has 0 saturated heterocycles. The highest BCUT2D eigenvalue weighted by molar-refractivity contribution is 6.30. The van der Waals surface area contributed by atoms with E-state index < -0.39 is 11.5 Å². The van der Waals surface area contributed by atoms with Gasteiger partial charge in [-0.2, -0.15) is 0 Å². The van der Waals surface area contributed by atoms with Crippen LogP contribution in [0.3, 0.4) is 0 Å². The number of benzene rings is 1. The molecule has 3 nitrogen and oxygen atoms in total. The topological polar surface area (TPSA) is 49.3 Å². The molecule has 1 atom stereocenters. The zero-order chi connectivity index (χ0) is 10.8. The summed E-state index contributed by atoms with van der Waals surface area (Å²) in [5.41, 5.74) is -0.387. The number of carboxylic acids is 1. The van der Waals surface area contributed by atoms with Gasteiger partial charge in [-0.25, -0.2) is 4.79 Å². The molecule has 4 heteroatoms. The minimum absolute atomic E-state index is 0.595. The van der Waals surface area contributed by atoms with Crippen molar-refractivity contribution in [1.82, 2.24) is 5.32 Å². The highest BCUT2D eigenvalue weighted by Crippen LogP contribution is 2.22. The van der Waals surface area contributed by atoms with E-state index in [1.165, 1.54) is 0 Å². The van der Waals surface area contributed by atoms with Gasteiger partial charge in [0.05, 0.1) is 0 Å². The molecule has 1 unspecified atom stereocenters. The Hall–Kier alpha value is -1.06. The molecule has 0 fully saturated rings. The Bertz CT molecular complexity index is 336. The Morgan fingerprint density at radius 3 is 2.29 bits per heavy atom. The molecule has 0 saturated carbocycles. The van der Waals surface area contributed by atoms with Crippen molar-refractivity contribution in [2.24, 2.45) is 0 Å². The van der Waals surface area contributed by atoms with Gasteiger partial charge in [-0.15, -0.1) is 0 Å². The standard InChI is InChI=1S/C10H12ClNO2/c1-10(12-2,9(13)14)7-3-5-8(11)6-4-7/h3-6,12H,1-2H3,(H,13,14). The van der Waals surface area contributed by atoms with Gasteiger partial charge in [-0.3, -0.25) is 0 Å². The molecule has 0 aliphatic rings. The molecule has 1 rings (SSSR count). The van der Waals surface area contributed by atoms with E-state index in [0.717, 1.165) is 0 Å². The minimum Gasteiger partial charge on any atom is -0.480 e. The smallest absolute Gasteiger partial charge is 0.328 e. The van der Waals surface area contributed by atoms with Crippen LogP contribution < -0.4 is 5.32 Å². The Balaban J connectivity index is 3.13. The molecule has 0 aromatic heterocycles. The molecule has 0 spiro atoms. The first-order chi connectivity index (χ1) is 6.50. The summed E-state index contributed by atoms with van der Waals surface area (Å²) in [6.07, 6.45) is 0. The zero-order valence-electron chi connectivity index (χ0n) is 8.04. The van der Waals surface area contributed by atoms with Gasteiger partial charge in [0, 0.05) is 5.02 Å². The van der Waals surface area contributed by atoms with Crippen molar-refractivity contribution in [1.29, 1.82) is 0 Å². The number of aliphatic carboxylic acids is 1.